The van der Waals surface area contributed by atoms with Gasteiger partial charge in [0.2, 0.25) is 0 Å². The quantitative estimate of drug-likeness (QED) is 0.613. The molecule has 6 nitrogen and oxygen atoms in total. The lowest BCUT2D eigenvalue weighted by atomic mass is 9.98. The van der Waals surface area contributed by atoms with Gasteiger partial charge in [-0.15, -0.1) is 0 Å². The van der Waals surface area contributed by atoms with Gasteiger partial charge in [0.05, 0.1) is 11.2 Å². The first-order valence-electron chi connectivity index (χ1n) is 8.67. The Bertz CT molecular complexity index is 727. The van der Waals surface area contributed by atoms with Crippen LogP contribution in [0.1, 0.15) is 45.4 Å². The summed E-state index contributed by atoms with van der Waals surface area (Å²) in [7, 11) is -3.99. The number of fused-ring (bicyclic) bond motifs is 1. The van der Waals surface area contributed by atoms with Crippen LogP contribution in [-0.2, 0) is 14.8 Å². The molecule has 0 radical (unpaired) electrons. The lowest BCUT2D eigenvalue weighted by Gasteiger charge is -2.22. The number of hydrogen-bond acceptors (Lipinski definition) is 5. The van der Waals surface area contributed by atoms with Gasteiger partial charge in [-0.1, -0.05) is 37.1 Å². The summed E-state index contributed by atoms with van der Waals surface area (Å²) in [6.07, 6.45) is 9.34. The fraction of sp³-hybridized carbons (Fsp3) is 0.500. The predicted molar refractivity (Wildman–Crippen MR) is 99.7 cm³/mol. The smallest absolute Gasteiger partial charge is 0.266 e. The number of allylic oxidation sites excluding steroid dienone is 1. The van der Waals surface area contributed by atoms with Gasteiger partial charge < -0.3 is 11.1 Å². The third-order valence-electron chi connectivity index (χ3n) is 4.24. The Labute approximate surface area is 149 Å². The molecule has 1 aliphatic rings. The maximum Gasteiger partial charge on any atom is 0.266 e. The van der Waals surface area contributed by atoms with Crippen LogP contribution < -0.4 is 15.8 Å². The molecule has 138 valence electrons. The number of rotatable bonds is 0. The van der Waals surface area contributed by atoms with Gasteiger partial charge in [0.15, 0.2) is 0 Å². The number of hydrogen-bond donors (Lipinski definition) is 3. The van der Waals surface area contributed by atoms with E-state index in [-0.39, 0.29) is 11.3 Å². The Morgan fingerprint density at radius 2 is 1.80 bits per heavy atom. The van der Waals surface area contributed by atoms with Crippen molar-refractivity contribution in [3.05, 3.63) is 36.4 Å². The molecular weight excluding hydrogens is 338 g/mol. The van der Waals surface area contributed by atoms with E-state index >= 15 is 0 Å². The molecule has 1 aromatic carbocycles. The van der Waals surface area contributed by atoms with E-state index in [9.17, 15) is 13.2 Å². The maximum absolute atomic E-state index is 12.6. The van der Waals surface area contributed by atoms with E-state index in [4.69, 9.17) is 5.73 Å². The first kappa shape index (κ1) is 19.5. The third-order valence-corrected chi connectivity index (χ3v) is 5.63. The van der Waals surface area contributed by atoms with E-state index in [1.165, 1.54) is 13.0 Å². The summed E-state index contributed by atoms with van der Waals surface area (Å²) in [6.45, 7) is 2.22. The van der Waals surface area contributed by atoms with E-state index < -0.39 is 21.5 Å². The molecule has 1 aliphatic heterocycles. The van der Waals surface area contributed by atoms with Gasteiger partial charge in [-0.05, 0) is 44.7 Å². The Morgan fingerprint density at radius 3 is 2.60 bits per heavy atom. The van der Waals surface area contributed by atoms with Crippen LogP contribution in [0.15, 0.2) is 41.3 Å². The highest BCUT2D eigenvalue weighted by Crippen LogP contribution is 2.22. The van der Waals surface area contributed by atoms with Gasteiger partial charge in [0.25, 0.3) is 15.9 Å². The SMILES string of the molecule is CC1(N)C/C=C/CCCCCCNc2ccccc2S(=O)(=O)NC1=O. The number of nitrogens with one attached hydrogen (secondary N) is 2. The first-order chi connectivity index (χ1) is 11.8. The van der Waals surface area contributed by atoms with Crippen LogP contribution in [0.2, 0.25) is 0 Å². The van der Waals surface area contributed by atoms with Gasteiger partial charge in [-0.25, -0.2) is 13.1 Å². The van der Waals surface area contributed by atoms with E-state index in [0.717, 1.165) is 32.1 Å². The molecule has 25 heavy (non-hydrogen) atoms. The molecule has 7 heteroatoms. The summed E-state index contributed by atoms with van der Waals surface area (Å²) in [4.78, 5) is 12.4. The third kappa shape index (κ3) is 5.57. The Kier molecular flexibility index (Phi) is 6.61. The highest BCUT2D eigenvalue weighted by atomic mass is 32.2. The van der Waals surface area contributed by atoms with Gasteiger partial charge in [-0.2, -0.15) is 0 Å². The van der Waals surface area contributed by atoms with Crippen molar-refractivity contribution in [2.45, 2.75) is 55.9 Å². The van der Waals surface area contributed by atoms with Crippen molar-refractivity contribution in [3.8, 4) is 0 Å². The standard InChI is InChI=1S/C18H27N3O3S/c1-18(19)13-9-5-3-2-4-6-10-14-20-15-11-7-8-12-16(15)25(23,24)21-17(18)22/h5,7-9,11-12,20H,2-4,6,10,13-14,19H2,1H3,(H,21,22)/b9-5+. The molecule has 2 rings (SSSR count). The maximum atomic E-state index is 12.6. The van der Waals surface area contributed by atoms with Crippen LogP contribution in [0, 0.1) is 0 Å². The van der Waals surface area contributed by atoms with Crippen LogP contribution in [-0.4, -0.2) is 26.4 Å². The van der Waals surface area contributed by atoms with Gasteiger partial charge in [0.1, 0.15) is 4.90 Å². The topological polar surface area (TPSA) is 101 Å². The minimum atomic E-state index is -3.99. The molecule has 1 atom stereocenters. The highest BCUT2D eigenvalue weighted by molar-refractivity contribution is 7.90. The molecule has 4 N–H and O–H groups in total. The zero-order valence-electron chi connectivity index (χ0n) is 14.6. The number of benzene rings is 1. The molecule has 0 spiro atoms. The average molecular weight is 365 g/mol. The largest absolute Gasteiger partial charge is 0.384 e. The summed E-state index contributed by atoms with van der Waals surface area (Å²) >= 11 is 0. The molecule has 0 aromatic heterocycles. The summed E-state index contributed by atoms with van der Waals surface area (Å²) in [6, 6.07) is 6.58. The van der Waals surface area contributed by atoms with Crippen LogP contribution in [0.25, 0.3) is 0 Å². The van der Waals surface area contributed by atoms with Crippen molar-refractivity contribution in [1.29, 1.82) is 0 Å². The number of carbonyl (C=O) groups excluding carboxylic acids is 1. The number of para-hydroxylation sites is 1. The summed E-state index contributed by atoms with van der Waals surface area (Å²) in [5.74, 6) is -0.709. The van der Waals surface area contributed by atoms with Crippen molar-refractivity contribution < 1.29 is 13.2 Å². The highest BCUT2D eigenvalue weighted by Gasteiger charge is 2.31. The monoisotopic (exact) mass is 365 g/mol. The minimum absolute atomic E-state index is 0.0572. The molecule has 0 fully saturated rings. The van der Waals surface area contributed by atoms with Crippen LogP contribution in [0.3, 0.4) is 0 Å². The fourth-order valence-corrected chi connectivity index (χ4v) is 3.92. The van der Waals surface area contributed by atoms with E-state index in [1.807, 2.05) is 12.2 Å². The van der Waals surface area contributed by atoms with Crippen LogP contribution >= 0.6 is 0 Å². The Hall–Kier alpha value is -1.86. The number of anilines is 1. The summed E-state index contributed by atoms with van der Waals surface area (Å²) in [5, 5.41) is 3.16. The molecule has 1 aromatic rings. The molecule has 0 aliphatic carbocycles. The van der Waals surface area contributed by atoms with Crippen LogP contribution in [0.4, 0.5) is 5.69 Å². The van der Waals surface area contributed by atoms with Crippen molar-refractivity contribution in [3.63, 3.8) is 0 Å². The van der Waals surface area contributed by atoms with Gasteiger partial charge in [-0.3, -0.25) is 4.79 Å². The van der Waals surface area contributed by atoms with Gasteiger partial charge >= 0.3 is 0 Å². The average Bonchev–Trinajstić information content (AvgIpc) is 2.55. The number of amides is 1. The van der Waals surface area contributed by atoms with Crippen LogP contribution in [0.5, 0.6) is 0 Å². The van der Waals surface area contributed by atoms with Crippen molar-refractivity contribution >= 4 is 21.6 Å². The first-order valence-corrected chi connectivity index (χ1v) is 10.2. The number of sulfonamides is 1. The number of carbonyl (C=O) groups is 1. The van der Waals surface area contributed by atoms with E-state index in [1.54, 1.807) is 18.2 Å². The molecular formula is C18H27N3O3S. The minimum Gasteiger partial charge on any atom is -0.384 e. The van der Waals surface area contributed by atoms with Crippen molar-refractivity contribution in [1.82, 2.24) is 4.72 Å². The van der Waals surface area contributed by atoms with Gasteiger partial charge in [0, 0.05) is 6.54 Å². The zero-order chi connectivity index (χ0) is 18.3. The summed E-state index contributed by atoms with van der Waals surface area (Å²) in [5.41, 5.74) is 5.23. The lowest BCUT2D eigenvalue weighted by molar-refractivity contribution is -0.123. The Balaban J connectivity index is 2.29. The second kappa shape index (κ2) is 8.49. The second-order valence-corrected chi connectivity index (χ2v) is 8.30. The second-order valence-electron chi connectivity index (χ2n) is 6.65. The predicted octanol–water partition coefficient (Wildman–Crippen LogP) is 2.53. The molecule has 1 heterocycles. The summed E-state index contributed by atoms with van der Waals surface area (Å²) < 4.78 is 27.4. The van der Waals surface area contributed by atoms with Crippen molar-refractivity contribution in [2.75, 3.05) is 11.9 Å². The zero-order valence-corrected chi connectivity index (χ0v) is 15.4. The lowest BCUT2D eigenvalue weighted by Crippen LogP contribution is -2.52. The fourth-order valence-electron chi connectivity index (χ4n) is 2.64. The molecule has 1 amide bonds. The van der Waals surface area contributed by atoms with Crippen molar-refractivity contribution in [2.24, 2.45) is 5.73 Å². The molecule has 0 saturated heterocycles. The van der Waals surface area contributed by atoms with E-state index in [0.29, 0.717) is 12.2 Å². The number of nitrogens with two attached hydrogens (primary N) is 1. The normalized spacial score (nSPS) is 26.7. The Morgan fingerprint density at radius 1 is 1.08 bits per heavy atom. The molecule has 0 saturated carbocycles. The van der Waals surface area contributed by atoms with E-state index in [2.05, 4.69) is 10.0 Å². The molecule has 1 unspecified atom stereocenters. The molecule has 0 bridgehead atoms.